The molecule has 2 aliphatic heterocycles. The van der Waals surface area contributed by atoms with E-state index in [0.717, 1.165) is 5.75 Å². The van der Waals surface area contributed by atoms with Crippen molar-refractivity contribution in [1.29, 1.82) is 0 Å². The maximum Gasteiger partial charge on any atom is 0.123 e. The van der Waals surface area contributed by atoms with Crippen LogP contribution in [0.4, 0.5) is 22.7 Å². The molecule has 0 fully saturated rings. The Morgan fingerprint density at radius 1 is 0.767 bits per heavy atom. The van der Waals surface area contributed by atoms with Crippen LogP contribution in [-0.4, -0.2) is 13.3 Å². The van der Waals surface area contributed by atoms with Gasteiger partial charge in [0.2, 0.25) is 0 Å². The number of para-hydroxylation sites is 1. The van der Waals surface area contributed by atoms with Crippen LogP contribution >= 0.6 is 0 Å². The van der Waals surface area contributed by atoms with Crippen molar-refractivity contribution in [3.63, 3.8) is 0 Å². The van der Waals surface area contributed by atoms with Crippen LogP contribution in [0.3, 0.4) is 0 Å². The highest BCUT2D eigenvalue weighted by molar-refractivity contribution is 5.95. The van der Waals surface area contributed by atoms with Gasteiger partial charge >= 0.3 is 0 Å². The molecule has 154 valence electrons. The Labute approximate surface area is 179 Å². The van der Waals surface area contributed by atoms with Crippen molar-refractivity contribution in [1.82, 2.24) is 0 Å². The summed E-state index contributed by atoms with van der Waals surface area (Å²) in [6.07, 6.45) is 0.169. The number of methoxy groups -OCH3 is 1. The summed E-state index contributed by atoms with van der Waals surface area (Å²) < 4.78 is 5.64. The standard InChI is InChI=1S/C27H30N2O/c1-16-14-15-21-25(17(16)2)29-19(4)28(22-11-9-13-24(30-7)18(22)3)23-12-8-10-20(26(23)29)27(21,5)6/h8-15,19H,1-7H3/t19-/m1/s1. The largest absolute Gasteiger partial charge is 0.496 e. The lowest BCUT2D eigenvalue weighted by atomic mass is 9.72. The normalized spacial score (nSPS) is 18.3. The fraction of sp³-hybridized carbons (Fsp3) is 0.333. The maximum atomic E-state index is 5.64. The van der Waals surface area contributed by atoms with Crippen LogP contribution in [-0.2, 0) is 5.41 Å². The first kappa shape index (κ1) is 19.0. The molecule has 0 saturated carbocycles. The summed E-state index contributed by atoms with van der Waals surface area (Å²) in [5.41, 5.74) is 11.8. The van der Waals surface area contributed by atoms with E-state index in [9.17, 15) is 0 Å². The lowest BCUT2D eigenvalue weighted by Crippen LogP contribution is -2.40. The minimum atomic E-state index is -0.0468. The van der Waals surface area contributed by atoms with Gasteiger partial charge in [-0.05, 0) is 68.1 Å². The first-order valence-corrected chi connectivity index (χ1v) is 10.7. The number of fused-ring (bicyclic) bond motifs is 2. The second-order valence-corrected chi connectivity index (χ2v) is 9.18. The zero-order valence-corrected chi connectivity index (χ0v) is 19.0. The summed E-state index contributed by atoms with van der Waals surface area (Å²) in [6, 6.07) is 17.7. The molecule has 3 aromatic carbocycles. The van der Waals surface area contributed by atoms with E-state index < -0.39 is 0 Å². The van der Waals surface area contributed by atoms with E-state index in [1.165, 1.54) is 50.6 Å². The molecule has 2 heterocycles. The topological polar surface area (TPSA) is 15.7 Å². The molecule has 0 N–H and O–H groups in total. The van der Waals surface area contributed by atoms with Crippen molar-refractivity contribution >= 4 is 22.7 Å². The van der Waals surface area contributed by atoms with Crippen LogP contribution in [0.15, 0.2) is 48.5 Å². The predicted octanol–water partition coefficient (Wildman–Crippen LogP) is 6.90. The molecule has 0 saturated heterocycles. The van der Waals surface area contributed by atoms with Gasteiger partial charge in [0.1, 0.15) is 11.9 Å². The fourth-order valence-corrected chi connectivity index (χ4v) is 5.46. The third-order valence-corrected chi connectivity index (χ3v) is 7.29. The van der Waals surface area contributed by atoms with Gasteiger partial charge < -0.3 is 14.5 Å². The Bertz CT molecular complexity index is 1180. The molecule has 0 spiro atoms. The van der Waals surface area contributed by atoms with Crippen LogP contribution < -0.4 is 14.5 Å². The first-order valence-electron chi connectivity index (χ1n) is 10.7. The van der Waals surface area contributed by atoms with Gasteiger partial charge in [-0.2, -0.15) is 0 Å². The highest BCUT2D eigenvalue weighted by atomic mass is 16.5. The van der Waals surface area contributed by atoms with E-state index in [2.05, 4.69) is 93.8 Å². The molecule has 3 nitrogen and oxygen atoms in total. The van der Waals surface area contributed by atoms with Gasteiger partial charge in [0.25, 0.3) is 0 Å². The van der Waals surface area contributed by atoms with Crippen molar-refractivity contribution in [3.8, 4) is 5.75 Å². The van der Waals surface area contributed by atoms with Gasteiger partial charge in [-0.1, -0.05) is 44.2 Å². The van der Waals surface area contributed by atoms with Crippen molar-refractivity contribution in [3.05, 3.63) is 76.3 Å². The molecule has 1 atom stereocenters. The predicted molar refractivity (Wildman–Crippen MR) is 126 cm³/mol. The van der Waals surface area contributed by atoms with Gasteiger partial charge in [0, 0.05) is 16.7 Å². The molecule has 0 radical (unpaired) electrons. The summed E-state index contributed by atoms with van der Waals surface area (Å²) in [6.45, 7) is 13.7. The van der Waals surface area contributed by atoms with Gasteiger partial charge in [0.05, 0.1) is 24.2 Å². The Morgan fingerprint density at radius 3 is 2.17 bits per heavy atom. The molecule has 0 unspecified atom stereocenters. The van der Waals surface area contributed by atoms with Gasteiger partial charge in [-0.25, -0.2) is 0 Å². The quantitative estimate of drug-likeness (QED) is 0.467. The van der Waals surface area contributed by atoms with Crippen molar-refractivity contribution in [2.24, 2.45) is 0 Å². The molecule has 0 aliphatic carbocycles. The molecule has 3 heteroatoms. The monoisotopic (exact) mass is 398 g/mol. The zero-order chi connectivity index (χ0) is 21.4. The minimum Gasteiger partial charge on any atom is -0.496 e. The van der Waals surface area contributed by atoms with E-state index >= 15 is 0 Å². The molecular weight excluding hydrogens is 368 g/mol. The third kappa shape index (κ3) is 2.26. The highest BCUT2D eigenvalue weighted by Crippen LogP contribution is 2.59. The number of hydrogen-bond donors (Lipinski definition) is 0. The number of hydrogen-bond acceptors (Lipinski definition) is 3. The average molecular weight is 399 g/mol. The number of anilines is 4. The van der Waals surface area contributed by atoms with E-state index in [4.69, 9.17) is 4.74 Å². The first-order chi connectivity index (χ1) is 14.3. The van der Waals surface area contributed by atoms with E-state index in [-0.39, 0.29) is 11.6 Å². The average Bonchev–Trinajstić information content (AvgIpc) is 3.01. The number of nitrogens with zero attached hydrogens (tertiary/aromatic N) is 2. The maximum absolute atomic E-state index is 5.64. The lowest BCUT2D eigenvalue weighted by Gasteiger charge is -2.42. The molecular formula is C27H30N2O. The number of aryl methyl sites for hydroxylation is 1. The Morgan fingerprint density at radius 2 is 1.43 bits per heavy atom. The molecule has 0 bridgehead atoms. The molecule has 30 heavy (non-hydrogen) atoms. The molecule has 5 rings (SSSR count). The van der Waals surface area contributed by atoms with E-state index in [1.807, 2.05) is 6.07 Å². The Kier molecular flexibility index (Phi) is 3.99. The SMILES string of the molecule is COc1cccc(N2c3cccc4c3N(c3c(ccc(C)c3C)C4(C)C)[C@@H]2C)c1C. The molecule has 0 amide bonds. The summed E-state index contributed by atoms with van der Waals surface area (Å²) >= 11 is 0. The Balaban J connectivity index is 1.83. The number of ether oxygens (including phenoxy) is 1. The van der Waals surface area contributed by atoms with Crippen LogP contribution in [0, 0.1) is 20.8 Å². The molecule has 2 aliphatic rings. The smallest absolute Gasteiger partial charge is 0.123 e. The van der Waals surface area contributed by atoms with Crippen molar-refractivity contribution in [2.75, 3.05) is 16.9 Å². The fourth-order valence-electron chi connectivity index (χ4n) is 5.46. The summed E-state index contributed by atoms with van der Waals surface area (Å²) in [5.74, 6) is 0.929. The Hall–Kier alpha value is -2.94. The lowest BCUT2D eigenvalue weighted by molar-refractivity contribution is 0.411. The van der Waals surface area contributed by atoms with Gasteiger partial charge in [-0.3, -0.25) is 0 Å². The number of rotatable bonds is 2. The van der Waals surface area contributed by atoms with Crippen LogP contribution in [0.2, 0.25) is 0 Å². The molecule has 0 aromatic heterocycles. The van der Waals surface area contributed by atoms with Crippen LogP contribution in [0.1, 0.15) is 48.6 Å². The van der Waals surface area contributed by atoms with Crippen molar-refractivity contribution < 1.29 is 4.74 Å². The van der Waals surface area contributed by atoms with Crippen molar-refractivity contribution in [2.45, 2.75) is 53.1 Å². The second kappa shape index (κ2) is 6.28. The van der Waals surface area contributed by atoms with Gasteiger partial charge in [-0.15, -0.1) is 0 Å². The minimum absolute atomic E-state index is 0.0468. The third-order valence-electron chi connectivity index (χ3n) is 7.29. The highest BCUT2D eigenvalue weighted by Gasteiger charge is 2.46. The second-order valence-electron chi connectivity index (χ2n) is 9.18. The zero-order valence-electron chi connectivity index (χ0n) is 19.0. The van der Waals surface area contributed by atoms with Crippen LogP contribution in [0.5, 0.6) is 5.75 Å². The summed E-state index contributed by atoms with van der Waals surface area (Å²) in [4.78, 5) is 5.04. The van der Waals surface area contributed by atoms with E-state index in [1.54, 1.807) is 7.11 Å². The van der Waals surface area contributed by atoms with Crippen LogP contribution in [0.25, 0.3) is 0 Å². The van der Waals surface area contributed by atoms with Gasteiger partial charge in [0.15, 0.2) is 0 Å². The summed E-state index contributed by atoms with van der Waals surface area (Å²) in [7, 11) is 1.75. The summed E-state index contributed by atoms with van der Waals surface area (Å²) in [5, 5.41) is 0. The van der Waals surface area contributed by atoms with E-state index in [0.29, 0.717) is 0 Å². The molecule has 3 aromatic rings. The number of benzene rings is 3.